The van der Waals surface area contributed by atoms with Crippen LogP contribution in [0.15, 0.2) is 46.6 Å². The van der Waals surface area contributed by atoms with Gasteiger partial charge in [0.05, 0.1) is 16.2 Å². The van der Waals surface area contributed by atoms with Gasteiger partial charge in [-0.3, -0.25) is 14.9 Å². The zero-order chi connectivity index (χ0) is 17.7. The first-order chi connectivity index (χ1) is 11.4. The summed E-state index contributed by atoms with van der Waals surface area (Å²) in [5.41, 5.74) is 6.79. The van der Waals surface area contributed by atoms with Crippen molar-refractivity contribution in [1.82, 2.24) is 0 Å². The summed E-state index contributed by atoms with van der Waals surface area (Å²) >= 11 is 0. The van der Waals surface area contributed by atoms with Crippen molar-refractivity contribution >= 4 is 34.3 Å². The molecule has 0 unspecified atom stereocenters. The van der Waals surface area contributed by atoms with Crippen molar-refractivity contribution in [2.75, 3.05) is 11.1 Å². The van der Waals surface area contributed by atoms with Gasteiger partial charge < -0.3 is 11.1 Å². The van der Waals surface area contributed by atoms with Crippen molar-refractivity contribution in [3.05, 3.63) is 52.1 Å². The lowest BCUT2D eigenvalue weighted by Crippen LogP contribution is -2.06. The van der Waals surface area contributed by atoms with E-state index in [4.69, 9.17) is 11.0 Å². The molecule has 0 saturated carbocycles. The summed E-state index contributed by atoms with van der Waals surface area (Å²) < 4.78 is 0. The highest BCUT2D eigenvalue weighted by molar-refractivity contribution is 5.92. The number of nitrogens with zero attached hydrogens (tertiary/aromatic N) is 4. The van der Waals surface area contributed by atoms with Crippen LogP contribution in [0.4, 0.5) is 28.4 Å². The lowest BCUT2D eigenvalue weighted by Gasteiger charge is -2.06. The number of anilines is 2. The van der Waals surface area contributed by atoms with Crippen molar-refractivity contribution in [3.63, 3.8) is 0 Å². The number of non-ortho nitro benzene ring substituents is 1. The molecule has 0 spiro atoms. The van der Waals surface area contributed by atoms with E-state index < -0.39 is 4.92 Å². The summed E-state index contributed by atoms with van der Waals surface area (Å²) in [4.78, 5) is 21.4. The number of nitrogens with two attached hydrogens (primary N) is 1. The minimum Gasteiger partial charge on any atom is -0.399 e. The van der Waals surface area contributed by atoms with Gasteiger partial charge in [-0.2, -0.15) is 5.26 Å². The van der Waals surface area contributed by atoms with E-state index in [0.29, 0.717) is 17.1 Å². The van der Waals surface area contributed by atoms with Crippen LogP contribution in [0.2, 0.25) is 0 Å². The first kappa shape index (κ1) is 16.6. The molecule has 2 aromatic carbocycles. The Labute approximate surface area is 136 Å². The summed E-state index contributed by atoms with van der Waals surface area (Å²) in [5.74, 6) is -0.301. The Morgan fingerprint density at radius 3 is 2.54 bits per heavy atom. The number of nitrogens with one attached hydrogen (secondary N) is 1. The van der Waals surface area contributed by atoms with E-state index in [1.807, 2.05) is 6.07 Å². The Hall–Kier alpha value is -3.80. The molecule has 1 amide bonds. The minimum atomic E-state index is -0.601. The second-order valence-electron chi connectivity index (χ2n) is 4.73. The Morgan fingerprint density at radius 2 is 1.92 bits per heavy atom. The van der Waals surface area contributed by atoms with Crippen molar-refractivity contribution in [2.45, 2.75) is 6.92 Å². The minimum absolute atomic E-state index is 0.0180. The third-order valence-electron chi connectivity index (χ3n) is 2.91. The number of nitriles is 1. The predicted octanol–water partition coefficient (Wildman–Crippen LogP) is 3.42. The molecule has 3 N–H and O–H groups in total. The largest absolute Gasteiger partial charge is 0.399 e. The number of hydrogen-bond donors (Lipinski definition) is 2. The van der Waals surface area contributed by atoms with Gasteiger partial charge >= 0.3 is 0 Å². The van der Waals surface area contributed by atoms with Crippen LogP contribution >= 0.6 is 0 Å². The van der Waals surface area contributed by atoms with Gasteiger partial charge in [0, 0.05) is 24.7 Å². The molecule has 0 aliphatic carbocycles. The second-order valence-corrected chi connectivity index (χ2v) is 4.73. The Bertz CT molecular complexity index is 885. The van der Waals surface area contributed by atoms with Crippen LogP contribution in [-0.2, 0) is 4.79 Å². The maximum atomic E-state index is 11.2. The SMILES string of the molecule is CC(=O)Nc1cc(N)ccc1N=Nc1ccc([N+](=O)[O-])cc1C#N. The fourth-order valence-electron chi connectivity index (χ4n) is 1.85. The lowest BCUT2D eigenvalue weighted by molar-refractivity contribution is -0.384. The Balaban J connectivity index is 2.40. The maximum Gasteiger partial charge on any atom is 0.270 e. The Kier molecular flexibility index (Phi) is 4.81. The van der Waals surface area contributed by atoms with Crippen LogP contribution in [0.5, 0.6) is 0 Å². The van der Waals surface area contributed by atoms with Crippen LogP contribution in [0.1, 0.15) is 12.5 Å². The van der Waals surface area contributed by atoms with Gasteiger partial charge in [0.15, 0.2) is 0 Å². The average Bonchev–Trinajstić information content (AvgIpc) is 2.53. The number of azo groups is 1. The molecule has 2 aromatic rings. The first-order valence-electron chi connectivity index (χ1n) is 6.68. The van der Waals surface area contributed by atoms with Gasteiger partial charge in [0.1, 0.15) is 17.4 Å². The molecular formula is C15H12N6O3. The molecule has 2 rings (SSSR count). The second kappa shape index (κ2) is 6.97. The van der Waals surface area contributed by atoms with Crippen LogP contribution in [0.25, 0.3) is 0 Å². The quantitative estimate of drug-likeness (QED) is 0.382. The smallest absolute Gasteiger partial charge is 0.270 e. The molecule has 0 bridgehead atoms. The fourth-order valence-corrected chi connectivity index (χ4v) is 1.85. The van der Waals surface area contributed by atoms with E-state index in [2.05, 4.69) is 15.5 Å². The van der Waals surface area contributed by atoms with Gasteiger partial charge in [-0.15, -0.1) is 10.2 Å². The Morgan fingerprint density at radius 1 is 1.25 bits per heavy atom. The van der Waals surface area contributed by atoms with Crippen molar-refractivity contribution in [2.24, 2.45) is 10.2 Å². The zero-order valence-corrected chi connectivity index (χ0v) is 12.6. The van der Waals surface area contributed by atoms with Crippen LogP contribution in [0, 0.1) is 21.4 Å². The summed E-state index contributed by atoms with van der Waals surface area (Å²) in [6.45, 7) is 1.34. The standard InChI is InChI=1S/C15H12N6O3/c1-9(22)18-15-7-11(17)2-4-14(15)20-19-13-5-3-12(21(23)24)6-10(13)8-16/h2-7H,17H2,1H3,(H,18,22). The van der Waals surface area contributed by atoms with Crippen molar-refractivity contribution < 1.29 is 9.72 Å². The number of nitro benzene ring substituents is 1. The van der Waals surface area contributed by atoms with Gasteiger partial charge in [-0.1, -0.05) is 0 Å². The normalized spacial score (nSPS) is 10.3. The van der Waals surface area contributed by atoms with E-state index >= 15 is 0 Å². The molecule has 0 saturated heterocycles. The highest BCUT2D eigenvalue weighted by Crippen LogP contribution is 2.31. The molecule has 0 radical (unpaired) electrons. The highest BCUT2D eigenvalue weighted by Gasteiger charge is 2.11. The number of nitro groups is 1. The number of carbonyl (C=O) groups excluding carboxylic acids is 1. The van der Waals surface area contributed by atoms with E-state index in [-0.39, 0.29) is 22.8 Å². The van der Waals surface area contributed by atoms with Crippen molar-refractivity contribution in [3.8, 4) is 6.07 Å². The molecule has 0 heterocycles. The number of hydrogen-bond acceptors (Lipinski definition) is 7. The molecule has 0 atom stereocenters. The molecule has 0 aromatic heterocycles. The topological polar surface area (TPSA) is 147 Å². The van der Waals surface area contributed by atoms with Crippen molar-refractivity contribution in [1.29, 1.82) is 5.26 Å². The molecular weight excluding hydrogens is 312 g/mol. The molecule has 0 aliphatic rings. The van der Waals surface area contributed by atoms with E-state index in [9.17, 15) is 14.9 Å². The van der Waals surface area contributed by atoms with Gasteiger partial charge in [-0.05, 0) is 24.3 Å². The summed E-state index contributed by atoms with van der Waals surface area (Å²) in [6.07, 6.45) is 0. The van der Waals surface area contributed by atoms with Gasteiger partial charge in [-0.25, -0.2) is 0 Å². The molecule has 120 valence electrons. The van der Waals surface area contributed by atoms with E-state index in [1.54, 1.807) is 12.1 Å². The lowest BCUT2D eigenvalue weighted by atomic mass is 10.2. The molecule has 0 fully saturated rings. The van der Waals surface area contributed by atoms with E-state index in [0.717, 1.165) is 6.07 Å². The third-order valence-corrected chi connectivity index (χ3v) is 2.91. The summed E-state index contributed by atoms with van der Waals surface area (Å²) in [6, 6.07) is 10.2. The molecule has 24 heavy (non-hydrogen) atoms. The monoisotopic (exact) mass is 324 g/mol. The highest BCUT2D eigenvalue weighted by atomic mass is 16.6. The zero-order valence-electron chi connectivity index (χ0n) is 12.6. The number of benzene rings is 2. The third kappa shape index (κ3) is 3.89. The average molecular weight is 324 g/mol. The maximum absolute atomic E-state index is 11.2. The molecule has 9 nitrogen and oxygen atoms in total. The first-order valence-corrected chi connectivity index (χ1v) is 6.68. The molecule has 9 heteroatoms. The fraction of sp³-hybridized carbons (Fsp3) is 0.0667. The summed E-state index contributed by atoms with van der Waals surface area (Å²) in [7, 11) is 0. The van der Waals surface area contributed by atoms with Crippen LogP contribution in [0.3, 0.4) is 0 Å². The van der Waals surface area contributed by atoms with E-state index in [1.165, 1.54) is 25.1 Å². The van der Waals surface area contributed by atoms with Gasteiger partial charge in [0.25, 0.3) is 5.69 Å². The van der Waals surface area contributed by atoms with Gasteiger partial charge in [0.2, 0.25) is 5.91 Å². The number of carbonyl (C=O) groups is 1. The number of nitrogen functional groups attached to an aromatic ring is 1. The number of rotatable bonds is 4. The van der Waals surface area contributed by atoms with Crippen LogP contribution in [-0.4, -0.2) is 10.8 Å². The predicted molar refractivity (Wildman–Crippen MR) is 87.1 cm³/mol. The number of amides is 1. The van der Waals surface area contributed by atoms with Crippen LogP contribution < -0.4 is 11.1 Å². The molecule has 0 aliphatic heterocycles. The summed E-state index contributed by atoms with van der Waals surface area (Å²) in [5, 5.41) is 30.3.